The topological polar surface area (TPSA) is 38.3 Å². The van der Waals surface area contributed by atoms with Gasteiger partial charge in [-0.25, -0.2) is 18.0 Å². The van der Waals surface area contributed by atoms with Crippen molar-refractivity contribution in [1.82, 2.24) is 5.32 Å². The highest BCUT2D eigenvalue weighted by atomic mass is 35.5. The molecule has 2 rings (SSSR count). The molecule has 0 unspecified atom stereocenters. The van der Waals surface area contributed by atoms with E-state index in [1.165, 1.54) is 0 Å². The van der Waals surface area contributed by atoms with Gasteiger partial charge in [-0.2, -0.15) is 0 Å². The third-order valence-electron chi connectivity index (χ3n) is 2.36. The lowest BCUT2D eigenvalue weighted by Crippen LogP contribution is -2.36. The molecule has 3 nitrogen and oxygen atoms in total. The van der Waals surface area contributed by atoms with E-state index < -0.39 is 35.2 Å². The Bertz CT molecular complexity index is 442. The van der Waals surface area contributed by atoms with Crippen LogP contribution in [0.1, 0.15) is 18.0 Å². The second-order valence-electron chi connectivity index (χ2n) is 3.38. The predicted molar refractivity (Wildman–Crippen MR) is 55.4 cm³/mol. The summed E-state index contributed by atoms with van der Waals surface area (Å²) in [6, 6.07) is 0.641. The van der Waals surface area contributed by atoms with Crippen molar-refractivity contribution in [2.24, 2.45) is 0 Å². The standard InChI is InChI=1S/C10H8F3NO2.ClH/c11-5-1-2-6(12)9(13)8(5)7-3-4-16-10(15)14-7;/h1-2,7H,3-4H2,(H,14,15);1H/t7-;/m0./s1. The molecule has 1 heterocycles. The Balaban J connectivity index is 0.00000144. The number of halogens is 4. The van der Waals surface area contributed by atoms with E-state index in [1.54, 1.807) is 0 Å². The van der Waals surface area contributed by atoms with E-state index in [4.69, 9.17) is 0 Å². The molecule has 1 aromatic rings. The second-order valence-corrected chi connectivity index (χ2v) is 3.38. The number of amides is 1. The maximum Gasteiger partial charge on any atom is 0.407 e. The zero-order valence-corrected chi connectivity index (χ0v) is 9.32. The summed E-state index contributed by atoms with van der Waals surface area (Å²) in [5.41, 5.74) is -0.461. The number of hydrogen-bond acceptors (Lipinski definition) is 2. The predicted octanol–water partition coefficient (Wildman–Crippen LogP) is 2.70. The minimum atomic E-state index is -1.27. The van der Waals surface area contributed by atoms with Gasteiger partial charge in [0.15, 0.2) is 11.6 Å². The van der Waals surface area contributed by atoms with Crippen LogP contribution < -0.4 is 5.32 Å². The molecule has 1 fully saturated rings. The van der Waals surface area contributed by atoms with E-state index >= 15 is 0 Å². The maximum absolute atomic E-state index is 13.4. The van der Waals surface area contributed by atoms with Gasteiger partial charge in [0.25, 0.3) is 0 Å². The van der Waals surface area contributed by atoms with Gasteiger partial charge in [-0.3, -0.25) is 0 Å². The molecule has 0 aliphatic carbocycles. The number of ether oxygens (including phenoxy) is 1. The molecule has 1 amide bonds. The average molecular weight is 268 g/mol. The minimum Gasteiger partial charge on any atom is -0.449 e. The van der Waals surface area contributed by atoms with E-state index in [0.717, 1.165) is 6.07 Å². The van der Waals surface area contributed by atoms with E-state index in [0.29, 0.717) is 6.07 Å². The minimum absolute atomic E-state index is 0. The molecule has 0 saturated carbocycles. The third-order valence-corrected chi connectivity index (χ3v) is 2.36. The summed E-state index contributed by atoms with van der Waals surface area (Å²) >= 11 is 0. The summed E-state index contributed by atoms with van der Waals surface area (Å²) in [5.74, 6) is -3.30. The summed E-state index contributed by atoms with van der Waals surface area (Å²) in [5, 5.41) is 2.23. The number of rotatable bonds is 1. The first kappa shape index (κ1) is 13.6. The highest BCUT2D eigenvalue weighted by Gasteiger charge is 2.27. The van der Waals surface area contributed by atoms with Crippen LogP contribution in [-0.2, 0) is 4.74 Å². The highest BCUT2D eigenvalue weighted by Crippen LogP contribution is 2.26. The highest BCUT2D eigenvalue weighted by molar-refractivity contribution is 5.85. The molecule has 0 bridgehead atoms. The van der Waals surface area contributed by atoms with E-state index in [1.807, 2.05) is 0 Å². The first-order valence-corrected chi connectivity index (χ1v) is 4.66. The van der Waals surface area contributed by atoms with Crippen molar-refractivity contribution in [3.8, 4) is 0 Å². The molecule has 7 heteroatoms. The van der Waals surface area contributed by atoms with Gasteiger partial charge in [0.05, 0.1) is 12.6 Å². The van der Waals surface area contributed by atoms with Gasteiger partial charge in [0.2, 0.25) is 0 Å². The van der Waals surface area contributed by atoms with Gasteiger partial charge in [-0.05, 0) is 12.1 Å². The van der Waals surface area contributed by atoms with Crippen LogP contribution in [0.3, 0.4) is 0 Å². The van der Waals surface area contributed by atoms with Crippen LogP contribution in [0.4, 0.5) is 18.0 Å². The Morgan fingerprint density at radius 1 is 1.24 bits per heavy atom. The van der Waals surface area contributed by atoms with Crippen molar-refractivity contribution in [2.75, 3.05) is 6.61 Å². The smallest absolute Gasteiger partial charge is 0.407 e. The lowest BCUT2D eigenvalue weighted by Gasteiger charge is -2.24. The largest absolute Gasteiger partial charge is 0.449 e. The lowest BCUT2D eigenvalue weighted by molar-refractivity contribution is 0.114. The van der Waals surface area contributed by atoms with Gasteiger partial charge >= 0.3 is 6.09 Å². The first-order chi connectivity index (χ1) is 7.59. The van der Waals surface area contributed by atoms with Crippen LogP contribution in [0.15, 0.2) is 12.1 Å². The summed E-state index contributed by atoms with van der Waals surface area (Å²) in [6.07, 6.45) is -0.567. The lowest BCUT2D eigenvalue weighted by atomic mass is 10.0. The number of carbonyl (C=O) groups is 1. The second kappa shape index (κ2) is 5.27. The van der Waals surface area contributed by atoms with Crippen LogP contribution in [-0.4, -0.2) is 12.7 Å². The number of benzene rings is 1. The Labute approximate surface area is 101 Å². The van der Waals surface area contributed by atoms with Gasteiger partial charge in [0, 0.05) is 12.0 Å². The van der Waals surface area contributed by atoms with Crippen LogP contribution in [0, 0.1) is 17.5 Å². The number of carbonyl (C=O) groups excluding carboxylic acids is 1. The fourth-order valence-electron chi connectivity index (χ4n) is 1.60. The van der Waals surface area contributed by atoms with Crippen LogP contribution >= 0.6 is 12.4 Å². The molecular formula is C10H9ClF3NO2. The monoisotopic (exact) mass is 267 g/mol. The normalized spacial score (nSPS) is 19.0. The van der Waals surface area contributed by atoms with Crippen molar-refractivity contribution < 1.29 is 22.7 Å². The summed E-state index contributed by atoms with van der Waals surface area (Å²) in [4.78, 5) is 10.9. The molecular weight excluding hydrogens is 259 g/mol. The molecule has 1 N–H and O–H groups in total. The zero-order valence-electron chi connectivity index (χ0n) is 8.50. The summed E-state index contributed by atoms with van der Waals surface area (Å²) < 4.78 is 44.2. The third kappa shape index (κ3) is 2.63. The molecule has 0 aromatic heterocycles. The van der Waals surface area contributed by atoms with Crippen molar-refractivity contribution in [3.63, 3.8) is 0 Å². The fraction of sp³-hybridized carbons (Fsp3) is 0.300. The SMILES string of the molecule is Cl.O=C1N[C@H](c2c(F)ccc(F)c2F)CCO1. The molecule has 1 saturated heterocycles. The first-order valence-electron chi connectivity index (χ1n) is 4.66. The Morgan fingerprint density at radius 3 is 2.53 bits per heavy atom. The number of nitrogens with one attached hydrogen (secondary N) is 1. The molecule has 1 aromatic carbocycles. The van der Waals surface area contributed by atoms with Crippen molar-refractivity contribution in [3.05, 3.63) is 35.1 Å². The molecule has 0 radical (unpaired) electrons. The van der Waals surface area contributed by atoms with Crippen molar-refractivity contribution in [1.29, 1.82) is 0 Å². The summed E-state index contributed by atoms with van der Waals surface area (Å²) in [7, 11) is 0. The molecule has 1 aliphatic rings. The number of cyclic esters (lactones) is 1. The molecule has 1 aliphatic heterocycles. The summed E-state index contributed by atoms with van der Waals surface area (Å²) in [6.45, 7) is 0.0475. The Hall–Kier alpha value is -1.43. The number of hydrogen-bond donors (Lipinski definition) is 1. The van der Waals surface area contributed by atoms with Crippen LogP contribution in [0.2, 0.25) is 0 Å². The van der Waals surface area contributed by atoms with Gasteiger partial charge in [0.1, 0.15) is 5.82 Å². The quantitative estimate of drug-likeness (QED) is 0.795. The van der Waals surface area contributed by atoms with Gasteiger partial charge < -0.3 is 10.1 Å². The Morgan fingerprint density at radius 2 is 1.88 bits per heavy atom. The molecule has 17 heavy (non-hydrogen) atoms. The molecule has 0 spiro atoms. The van der Waals surface area contributed by atoms with E-state index in [2.05, 4.69) is 10.1 Å². The van der Waals surface area contributed by atoms with E-state index in [9.17, 15) is 18.0 Å². The Kier molecular flexibility index (Phi) is 4.22. The van der Waals surface area contributed by atoms with Gasteiger partial charge in [-0.15, -0.1) is 12.4 Å². The van der Waals surface area contributed by atoms with Gasteiger partial charge in [-0.1, -0.05) is 0 Å². The average Bonchev–Trinajstić information content (AvgIpc) is 2.24. The number of alkyl carbamates (subject to hydrolysis) is 1. The molecule has 1 atom stereocenters. The van der Waals surface area contributed by atoms with Crippen LogP contribution in [0.5, 0.6) is 0 Å². The van der Waals surface area contributed by atoms with Crippen molar-refractivity contribution >= 4 is 18.5 Å². The van der Waals surface area contributed by atoms with Crippen LogP contribution in [0.25, 0.3) is 0 Å². The van der Waals surface area contributed by atoms with E-state index in [-0.39, 0.29) is 25.4 Å². The molecule has 94 valence electrons. The van der Waals surface area contributed by atoms with Crippen molar-refractivity contribution in [2.45, 2.75) is 12.5 Å². The zero-order chi connectivity index (χ0) is 11.7. The maximum atomic E-state index is 13.4. The fourth-order valence-corrected chi connectivity index (χ4v) is 1.60.